The minimum absolute atomic E-state index is 0. The summed E-state index contributed by atoms with van der Waals surface area (Å²) in [6.07, 6.45) is -10.7. The molecule has 21 nitrogen and oxygen atoms in total. The maximum atomic E-state index is 11.3. The molecular formula is C24H42ClI2N3O18SV. The van der Waals surface area contributed by atoms with E-state index in [0.717, 1.165) is 0 Å². The first-order valence-corrected chi connectivity index (χ1v) is 25.0. The van der Waals surface area contributed by atoms with Gasteiger partial charge in [0, 0.05) is 18.1 Å². The molecule has 0 aromatic heterocycles. The van der Waals surface area contributed by atoms with Crippen molar-refractivity contribution in [3.05, 3.63) is 0 Å². The van der Waals surface area contributed by atoms with Crippen LogP contribution in [0.25, 0.3) is 0 Å². The van der Waals surface area contributed by atoms with Gasteiger partial charge in [-0.1, -0.05) is 7.43 Å². The number of rotatable bonds is 2. The summed E-state index contributed by atoms with van der Waals surface area (Å²) in [6.45, 7) is 2.12. The van der Waals surface area contributed by atoms with Gasteiger partial charge in [0.25, 0.3) is 0 Å². The van der Waals surface area contributed by atoms with Crippen LogP contribution in [0.15, 0.2) is 0 Å². The number of aliphatic hydroxyl groups is 8. The fourth-order valence-corrected chi connectivity index (χ4v) is 6.39. The first kappa shape index (κ1) is 47.9. The Morgan fingerprint density at radius 3 is 1.86 bits per heavy atom. The number of hydrogen-bond acceptors (Lipinski definition) is 19. The van der Waals surface area contributed by atoms with Gasteiger partial charge in [0.1, 0.15) is 55.9 Å². The molecule has 12 atom stereocenters. The zero-order valence-electron chi connectivity index (χ0n) is 25.4. The normalized spacial score (nSPS) is 37.3. The third-order valence-corrected chi connectivity index (χ3v) is 8.70. The molecule has 0 radical (unpaired) electrons. The number of carbonyl (C=O) groups is 3. The first-order valence-electron chi connectivity index (χ1n) is 14.3. The van der Waals surface area contributed by atoms with E-state index in [9.17, 15) is 48.3 Å². The molecule has 6 saturated heterocycles. The number of aliphatic hydroxyl groups excluding tert-OH is 8. The molecule has 6 aliphatic rings. The predicted octanol–water partition coefficient (Wildman–Crippen LogP) is -3.07. The molecule has 50 heavy (non-hydrogen) atoms. The molecule has 0 aliphatic carbocycles. The number of cyclic esters (lactones) is 2. The molecule has 0 saturated carbocycles. The van der Waals surface area contributed by atoms with Crippen molar-refractivity contribution in [2.24, 2.45) is 0 Å². The molecule has 0 spiro atoms. The summed E-state index contributed by atoms with van der Waals surface area (Å²) < 4.78 is 45.2. The molecule has 6 rings (SSSR count). The second-order valence-electron chi connectivity index (χ2n) is 10.7. The second kappa shape index (κ2) is 22.3. The molecule has 9 N–H and O–H groups in total. The van der Waals surface area contributed by atoms with Crippen LogP contribution in [0, 0.1) is 0 Å². The zero-order chi connectivity index (χ0) is 37.2. The Morgan fingerprint density at radius 1 is 0.880 bits per heavy atom. The van der Waals surface area contributed by atoms with E-state index >= 15 is 0 Å². The molecule has 0 aromatic rings. The Morgan fingerprint density at radius 2 is 1.36 bits per heavy atom. The van der Waals surface area contributed by atoms with Gasteiger partial charge in [-0.3, -0.25) is 9.80 Å². The topological polar surface area (TPSA) is 312 Å². The van der Waals surface area contributed by atoms with E-state index in [-0.39, 0.29) is 46.9 Å². The minimum atomic E-state index is -4.07. The Kier molecular flexibility index (Phi) is 21.3. The third kappa shape index (κ3) is 13.0. The molecule has 0 aromatic carbocycles. The molecule has 6 aliphatic heterocycles. The van der Waals surface area contributed by atoms with Crippen molar-refractivity contribution < 1.29 is 95.7 Å². The van der Waals surface area contributed by atoms with E-state index in [4.69, 9.17) is 35.8 Å². The van der Waals surface area contributed by atoms with Crippen molar-refractivity contribution in [2.45, 2.75) is 87.4 Å². The van der Waals surface area contributed by atoms with Crippen LogP contribution in [0.1, 0.15) is 14.4 Å². The van der Waals surface area contributed by atoms with Gasteiger partial charge in [0.05, 0.1) is 56.6 Å². The van der Waals surface area contributed by atoms with Crippen LogP contribution in [0.2, 0.25) is 0 Å². The maximum absolute atomic E-state index is 11.3. The van der Waals surface area contributed by atoms with Crippen molar-refractivity contribution in [2.75, 3.05) is 46.1 Å². The Labute approximate surface area is 321 Å². The van der Waals surface area contributed by atoms with E-state index in [1.54, 1.807) is 6.92 Å². The average molecular weight is 1030 g/mol. The van der Waals surface area contributed by atoms with Gasteiger partial charge in [-0.05, 0) is 6.92 Å². The van der Waals surface area contributed by atoms with Gasteiger partial charge in [-0.25, -0.2) is 22.7 Å². The Hall–Kier alpha value is -0.146. The molecule has 0 bridgehead atoms. The van der Waals surface area contributed by atoms with Crippen LogP contribution in [0.4, 0.5) is 14.4 Å². The number of piperidine rings is 3. The van der Waals surface area contributed by atoms with Gasteiger partial charge < -0.3 is 60.4 Å². The van der Waals surface area contributed by atoms with E-state index in [1.807, 2.05) is 0 Å². The van der Waals surface area contributed by atoms with Crippen LogP contribution in [-0.2, 0) is 42.4 Å². The van der Waals surface area contributed by atoms with Crippen molar-refractivity contribution in [1.29, 1.82) is 0 Å². The van der Waals surface area contributed by atoms with Crippen molar-refractivity contribution in [1.82, 2.24) is 15.1 Å². The third-order valence-electron chi connectivity index (χ3n) is 7.67. The van der Waals surface area contributed by atoms with Gasteiger partial charge >= 0.3 is 77.4 Å². The molecule has 293 valence electrons. The summed E-state index contributed by atoms with van der Waals surface area (Å²) in [5, 5.41) is 76.3. The summed E-state index contributed by atoms with van der Waals surface area (Å²) in [6, 6.07) is -1.57. The van der Waals surface area contributed by atoms with Gasteiger partial charge in [0.15, 0.2) is 0 Å². The van der Waals surface area contributed by atoms with Crippen LogP contribution in [0.3, 0.4) is 0 Å². The number of nitrogens with zero attached hydrogens (tertiary/aromatic N) is 2. The fourth-order valence-electron chi connectivity index (χ4n) is 5.21. The Balaban J connectivity index is 0.000000337. The molecule has 2 amide bonds. The molecule has 6 heterocycles. The average Bonchev–Trinajstić information content (AvgIpc) is 3.70. The summed E-state index contributed by atoms with van der Waals surface area (Å²) in [5.41, 5.74) is -0.738. The molecule has 0 unspecified atom stereocenters. The number of nitrogens with one attached hydrogen (secondary N) is 1. The van der Waals surface area contributed by atoms with Gasteiger partial charge in [0.2, 0.25) is 0 Å². The number of carbonyl (C=O) groups excluding carboxylic acids is 3. The van der Waals surface area contributed by atoms with Crippen LogP contribution >= 0.6 is 51.6 Å². The van der Waals surface area contributed by atoms with Crippen molar-refractivity contribution in [3.63, 3.8) is 0 Å². The van der Waals surface area contributed by atoms with E-state index in [1.165, 1.54) is 9.80 Å². The zero-order valence-corrected chi connectivity index (χ0v) is 32.7. The van der Waals surface area contributed by atoms with Crippen LogP contribution < -0.4 is 5.32 Å². The standard InChI is InChI=1S/C7H9NO7S.C7H11NO5.C6H13NO4.C3H5ClO2.CH4.2HI.V/c9-4-1-8-3(2-13-7(8)10)5-6(4)15-16(11,12)14-5;9-4-1-8-3(2-13-7(8)12)5(10)6(4)11;8-2-3-5(10)6(11)4(9)1-7-3;1-2-6-3(4)5;;;;/h3-6,9H,1-2H2;3-6,9-11H,1-2H2;3-11H,1-2H2;2H2,1H3;1H4;2*1H;/q;;;;;;;+2/p-2/t3*3-,4+,5-,6-;;;;;/m111...../s1. The Bertz CT molecular complexity index is 1200. The van der Waals surface area contributed by atoms with Gasteiger partial charge in [-0.2, -0.15) is 8.42 Å². The van der Waals surface area contributed by atoms with E-state index < -0.39 is 101 Å². The van der Waals surface area contributed by atoms with Crippen molar-refractivity contribution >= 4 is 79.6 Å². The van der Waals surface area contributed by atoms with Gasteiger partial charge in [-0.15, -0.1) is 0 Å². The first-order chi connectivity index (χ1) is 22.9. The van der Waals surface area contributed by atoms with Crippen LogP contribution in [-0.4, -0.2) is 196 Å². The van der Waals surface area contributed by atoms with Crippen molar-refractivity contribution in [3.8, 4) is 0 Å². The van der Waals surface area contributed by atoms with Crippen LogP contribution in [0.5, 0.6) is 0 Å². The summed E-state index contributed by atoms with van der Waals surface area (Å²) in [5.74, 6) is 0. The summed E-state index contributed by atoms with van der Waals surface area (Å²) in [7, 11) is -3.44. The number of fused-ring (bicyclic) bond motifs is 4. The van der Waals surface area contributed by atoms with E-state index in [2.05, 4.69) is 58.9 Å². The summed E-state index contributed by atoms with van der Waals surface area (Å²) >= 11 is 9.45. The molecule has 26 heteroatoms. The number of hydrogen-bond donors (Lipinski definition) is 9. The molecule has 6 fully saturated rings. The number of halogens is 3. The van der Waals surface area contributed by atoms with E-state index in [0.29, 0.717) is 16.1 Å². The predicted molar refractivity (Wildman–Crippen MR) is 181 cm³/mol. The number of ether oxygens (including phenoxy) is 3. The SMILES string of the molecule is C.CCOC(=O)Cl.O=C1OC[C@@H]2[C@@H](O)[C@H](O)[C@@H](O)CN12.O=C1OC[C@@H]2[C@H]3OS(=O)(=O)O[C@@H]3[C@@H](O)CN12.OC[C@H]1NC[C@H](O)[C@@H](O)[C@@H]1O.[I][V][I]. The number of amides is 2. The quantitative estimate of drug-likeness (QED) is 0.0753. The number of β-amino-alcohol motifs (C(OH)–C–C–N with tert-alkyl or cyclic N) is 1. The fraction of sp³-hybridized carbons (Fsp3) is 0.875. The molecular weight excluding hydrogens is 991 g/mol. The summed E-state index contributed by atoms with van der Waals surface area (Å²) in [4.78, 5) is 34.3. The second-order valence-corrected chi connectivity index (χ2v) is 24.0. The monoisotopic (exact) mass is 1030 g/mol.